The SMILES string of the molecule is C=C.CCCCCOCCCCC.OCCO. The third kappa shape index (κ3) is 39.0. The van der Waals surface area contributed by atoms with Crippen molar-refractivity contribution >= 4 is 0 Å². The van der Waals surface area contributed by atoms with Crippen molar-refractivity contribution in [2.75, 3.05) is 26.4 Å². The summed E-state index contributed by atoms with van der Waals surface area (Å²) in [4.78, 5) is 0. The molecule has 0 aromatic carbocycles. The average Bonchev–Trinajstić information content (AvgIpc) is 2.40. The van der Waals surface area contributed by atoms with Gasteiger partial charge in [0.1, 0.15) is 0 Å². The van der Waals surface area contributed by atoms with Crippen LogP contribution in [0.3, 0.4) is 0 Å². The van der Waals surface area contributed by atoms with E-state index >= 15 is 0 Å². The lowest BCUT2D eigenvalue weighted by Gasteiger charge is -2.01. The second-order valence-corrected chi connectivity index (χ2v) is 3.47. The molecule has 0 fully saturated rings. The van der Waals surface area contributed by atoms with Gasteiger partial charge in [-0.2, -0.15) is 0 Å². The molecule has 0 amide bonds. The molecule has 0 aromatic heterocycles. The lowest BCUT2D eigenvalue weighted by molar-refractivity contribution is 0.126. The number of aliphatic hydroxyl groups is 2. The Morgan fingerprint density at radius 3 is 1.35 bits per heavy atom. The minimum absolute atomic E-state index is 0.125. The predicted octanol–water partition coefficient (Wildman–Crippen LogP) is 3.16. The Labute approximate surface area is 108 Å². The van der Waals surface area contributed by atoms with Crippen LogP contribution in [-0.4, -0.2) is 36.6 Å². The van der Waals surface area contributed by atoms with Gasteiger partial charge >= 0.3 is 0 Å². The highest BCUT2D eigenvalue weighted by Gasteiger charge is 1.88. The second-order valence-electron chi connectivity index (χ2n) is 3.47. The fourth-order valence-corrected chi connectivity index (χ4v) is 1.01. The van der Waals surface area contributed by atoms with Crippen molar-refractivity contribution < 1.29 is 14.9 Å². The van der Waals surface area contributed by atoms with Crippen molar-refractivity contribution in [1.29, 1.82) is 0 Å². The number of rotatable bonds is 9. The molecule has 0 aliphatic carbocycles. The molecule has 0 unspecified atom stereocenters. The number of aliphatic hydroxyl groups excluding tert-OH is 2. The van der Waals surface area contributed by atoms with Gasteiger partial charge in [0.05, 0.1) is 13.2 Å². The highest BCUT2D eigenvalue weighted by molar-refractivity contribution is 4.38. The van der Waals surface area contributed by atoms with Crippen LogP contribution in [-0.2, 0) is 4.74 Å². The highest BCUT2D eigenvalue weighted by Crippen LogP contribution is 1.97. The van der Waals surface area contributed by atoms with Gasteiger partial charge in [0.2, 0.25) is 0 Å². The molecule has 3 heteroatoms. The van der Waals surface area contributed by atoms with E-state index < -0.39 is 0 Å². The van der Waals surface area contributed by atoms with Crippen molar-refractivity contribution in [2.24, 2.45) is 0 Å². The maximum absolute atomic E-state index is 7.62. The van der Waals surface area contributed by atoms with E-state index in [1.807, 2.05) is 0 Å². The summed E-state index contributed by atoms with van der Waals surface area (Å²) >= 11 is 0. The van der Waals surface area contributed by atoms with Crippen molar-refractivity contribution in [3.05, 3.63) is 13.2 Å². The lowest BCUT2D eigenvalue weighted by atomic mass is 10.2. The molecule has 0 aliphatic rings. The van der Waals surface area contributed by atoms with E-state index in [1.165, 1.54) is 38.5 Å². The summed E-state index contributed by atoms with van der Waals surface area (Å²) in [5.41, 5.74) is 0. The van der Waals surface area contributed by atoms with Crippen molar-refractivity contribution in [3.63, 3.8) is 0 Å². The van der Waals surface area contributed by atoms with Crippen LogP contribution in [0, 0.1) is 0 Å². The molecule has 0 radical (unpaired) electrons. The minimum atomic E-state index is -0.125. The molecule has 0 bridgehead atoms. The van der Waals surface area contributed by atoms with Crippen LogP contribution >= 0.6 is 0 Å². The summed E-state index contributed by atoms with van der Waals surface area (Å²) in [5.74, 6) is 0. The van der Waals surface area contributed by atoms with Crippen LogP contribution < -0.4 is 0 Å². The number of hydrogen-bond donors (Lipinski definition) is 2. The summed E-state index contributed by atoms with van der Waals surface area (Å²) < 4.78 is 5.44. The monoisotopic (exact) mass is 248 g/mol. The molecule has 17 heavy (non-hydrogen) atoms. The number of unbranched alkanes of at least 4 members (excludes halogenated alkanes) is 4. The fourth-order valence-electron chi connectivity index (χ4n) is 1.01. The van der Waals surface area contributed by atoms with E-state index in [9.17, 15) is 0 Å². The first-order chi connectivity index (χ1) is 8.33. The molecular weight excluding hydrogens is 216 g/mol. The summed E-state index contributed by atoms with van der Waals surface area (Å²) in [6.07, 6.45) is 7.68. The first-order valence-corrected chi connectivity index (χ1v) is 6.62. The van der Waals surface area contributed by atoms with Gasteiger partial charge in [0.25, 0.3) is 0 Å². The predicted molar refractivity (Wildman–Crippen MR) is 75.3 cm³/mol. The van der Waals surface area contributed by atoms with E-state index in [-0.39, 0.29) is 13.2 Å². The summed E-state index contributed by atoms with van der Waals surface area (Å²) in [6, 6.07) is 0. The lowest BCUT2D eigenvalue weighted by Crippen LogP contribution is -1.96. The average molecular weight is 248 g/mol. The standard InChI is InChI=1S/C10H22O.C2H6O2.C2H4/c1-3-5-7-9-11-10-8-6-4-2;3-1-2-4;1-2/h3-10H2,1-2H3;3-4H,1-2H2;1-2H2. The third-order valence-electron chi connectivity index (χ3n) is 1.88. The molecule has 2 N–H and O–H groups in total. The Balaban J connectivity index is -0.000000275. The first kappa shape index (κ1) is 21.9. The zero-order chi connectivity index (χ0) is 13.8. The molecule has 106 valence electrons. The van der Waals surface area contributed by atoms with Crippen molar-refractivity contribution in [1.82, 2.24) is 0 Å². The fraction of sp³-hybridized carbons (Fsp3) is 0.857. The maximum atomic E-state index is 7.62. The van der Waals surface area contributed by atoms with Gasteiger partial charge in [-0.25, -0.2) is 0 Å². The van der Waals surface area contributed by atoms with Gasteiger partial charge in [-0.05, 0) is 12.8 Å². The molecule has 3 nitrogen and oxygen atoms in total. The summed E-state index contributed by atoms with van der Waals surface area (Å²) in [7, 11) is 0. The Hall–Kier alpha value is -0.380. The molecule has 0 saturated heterocycles. The Kier molecular flexibility index (Phi) is 38.1. The Morgan fingerprint density at radius 2 is 1.12 bits per heavy atom. The van der Waals surface area contributed by atoms with E-state index in [2.05, 4.69) is 27.0 Å². The Morgan fingerprint density at radius 1 is 0.765 bits per heavy atom. The smallest absolute Gasteiger partial charge is 0.0662 e. The van der Waals surface area contributed by atoms with Gasteiger partial charge in [-0.3, -0.25) is 0 Å². The van der Waals surface area contributed by atoms with E-state index in [1.54, 1.807) is 0 Å². The molecule has 0 rings (SSSR count). The van der Waals surface area contributed by atoms with Crippen LogP contribution in [0.1, 0.15) is 52.4 Å². The van der Waals surface area contributed by atoms with Gasteiger partial charge in [-0.1, -0.05) is 39.5 Å². The van der Waals surface area contributed by atoms with Crippen molar-refractivity contribution in [3.8, 4) is 0 Å². The van der Waals surface area contributed by atoms with E-state index in [4.69, 9.17) is 14.9 Å². The van der Waals surface area contributed by atoms with E-state index in [0.29, 0.717) is 0 Å². The highest BCUT2D eigenvalue weighted by atomic mass is 16.5. The quantitative estimate of drug-likeness (QED) is 0.487. The van der Waals surface area contributed by atoms with E-state index in [0.717, 1.165) is 13.2 Å². The van der Waals surface area contributed by atoms with Gasteiger partial charge < -0.3 is 14.9 Å². The molecule has 0 saturated carbocycles. The van der Waals surface area contributed by atoms with Gasteiger partial charge in [0, 0.05) is 13.2 Å². The largest absolute Gasteiger partial charge is 0.394 e. The number of hydrogen-bond acceptors (Lipinski definition) is 3. The third-order valence-corrected chi connectivity index (χ3v) is 1.88. The minimum Gasteiger partial charge on any atom is -0.394 e. The molecule has 0 atom stereocenters. The van der Waals surface area contributed by atoms with Crippen molar-refractivity contribution in [2.45, 2.75) is 52.4 Å². The molecular formula is C14H32O3. The second kappa shape index (κ2) is 29.6. The Bertz CT molecular complexity index is 87.5. The topological polar surface area (TPSA) is 49.7 Å². The molecule has 0 aromatic rings. The van der Waals surface area contributed by atoms with Gasteiger partial charge in [0.15, 0.2) is 0 Å². The zero-order valence-corrected chi connectivity index (χ0v) is 11.8. The van der Waals surface area contributed by atoms with Crippen LogP contribution in [0.15, 0.2) is 13.2 Å². The van der Waals surface area contributed by atoms with Gasteiger partial charge in [-0.15, -0.1) is 13.2 Å². The van der Waals surface area contributed by atoms with Crippen LogP contribution in [0.2, 0.25) is 0 Å². The number of ether oxygens (including phenoxy) is 1. The summed E-state index contributed by atoms with van der Waals surface area (Å²) in [6.45, 7) is 12.1. The van der Waals surface area contributed by atoms with Crippen LogP contribution in [0.4, 0.5) is 0 Å². The summed E-state index contributed by atoms with van der Waals surface area (Å²) in [5, 5.41) is 15.2. The molecule has 0 heterocycles. The molecule has 0 spiro atoms. The zero-order valence-electron chi connectivity index (χ0n) is 11.8. The maximum Gasteiger partial charge on any atom is 0.0662 e. The van der Waals surface area contributed by atoms with Crippen LogP contribution in [0.5, 0.6) is 0 Å². The van der Waals surface area contributed by atoms with Crippen LogP contribution in [0.25, 0.3) is 0 Å². The normalized spacial score (nSPS) is 8.71. The molecule has 0 aliphatic heterocycles. The first-order valence-electron chi connectivity index (χ1n) is 6.62.